The molecule has 1 aliphatic carbocycles. The third kappa shape index (κ3) is 2.31. The number of anilines is 1. The Morgan fingerprint density at radius 1 is 1.65 bits per heavy atom. The minimum Gasteiger partial charge on any atom is -0.355 e. The predicted molar refractivity (Wildman–Crippen MR) is 67.0 cm³/mol. The van der Waals surface area contributed by atoms with E-state index in [4.69, 9.17) is 0 Å². The van der Waals surface area contributed by atoms with Crippen molar-refractivity contribution in [3.63, 3.8) is 0 Å². The standard InChI is InChI=1S/C11H14N2O3S/c1-3-12(8-4-5-8)11-9(13(15)16)6-10(17-11)7(2)14/h6,8H,3-5H2,1-2H3. The van der Waals surface area contributed by atoms with Crippen LogP contribution in [0.2, 0.25) is 0 Å². The second kappa shape index (κ2) is 4.44. The number of nitrogens with zero attached hydrogens (tertiary/aromatic N) is 2. The number of hydrogen-bond acceptors (Lipinski definition) is 5. The van der Waals surface area contributed by atoms with Gasteiger partial charge in [-0.3, -0.25) is 14.9 Å². The van der Waals surface area contributed by atoms with Crippen molar-refractivity contribution < 1.29 is 9.72 Å². The Labute approximate surface area is 103 Å². The summed E-state index contributed by atoms with van der Waals surface area (Å²) in [6, 6.07) is 1.81. The summed E-state index contributed by atoms with van der Waals surface area (Å²) in [5.41, 5.74) is 0.0638. The summed E-state index contributed by atoms with van der Waals surface area (Å²) in [4.78, 5) is 24.4. The Kier molecular flexibility index (Phi) is 3.15. The molecule has 92 valence electrons. The van der Waals surface area contributed by atoms with Gasteiger partial charge in [0.05, 0.1) is 9.80 Å². The van der Waals surface area contributed by atoms with Crippen LogP contribution in [0.4, 0.5) is 10.7 Å². The lowest BCUT2D eigenvalue weighted by molar-refractivity contribution is -0.383. The fourth-order valence-corrected chi connectivity index (χ4v) is 2.99. The van der Waals surface area contributed by atoms with Gasteiger partial charge in [0.1, 0.15) is 0 Å². The first-order chi connectivity index (χ1) is 8.04. The SMILES string of the molecule is CCN(c1sc(C(C)=O)cc1[N+](=O)[O-])C1CC1. The third-order valence-corrected chi connectivity index (χ3v) is 4.09. The van der Waals surface area contributed by atoms with Crippen LogP contribution < -0.4 is 4.90 Å². The molecule has 2 rings (SSSR count). The third-order valence-electron chi connectivity index (χ3n) is 2.83. The molecule has 1 saturated carbocycles. The number of carbonyl (C=O) groups excluding carboxylic acids is 1. The lowest BCUT2D eigenvalue weighted by atomic mass is 10.3. The number of hydrogen-bond donors (Lipinski definition) is 0. The smallest absolute Gasteiger partial charge is 0.304 e. The van der Waals surface area contributed by atoms with Crippen LogP contribution in [0.25, 0.3) is 0 Å². The van der Waals surface area contributed by atoms with E-state index in [-0.39, 0.29) is 11.5 Å². The molecule has 1 fully saturated rings. The summed E-state index contributed by atoms with van der Waals surface area (Å²) in [6.07, 6.45) is 2.16. The maximum absolute atomic E-state index is 11.3. The highest BCUT2D eigenvalue weighted by molar-refractivity contribution is 7.18. The van der Waals surface area contributed by atoms with Gasteiger partial charge in [-0.2, -0.15) is 0 Å². The number of ketones is 1. The Morgan fingerprint density at radius 2 is 2.29 bits per heavy atom. The van der Waals surface area contributed by atoms with Crippen LogP contribution >= 0.6 is 11.3 Å². The summed E-state index contributed by atoms with van der Waals surface area (Å²) in [5.74, 6) is -0.115. The molecule has 17 heavy (non-hydrogen) atoms. The quantitative estimate of drug-likeness (QED) is 0.460. The predicted octanol–water partition coefficient (Wildman–Crippen LogP) is 2.85. The van der Waals surface area contributed by atoms with Crippen LogP contribution in [0.15, 0.2) is 6.07 Å². The molecular weight excluding hydrogens is 240 g/mol. The molecule has 1 heterocycles. The number of rotatable bonds is 5. The first-order valence-electron chi connectivity index (χ1n) is 5.60. The van der Waals surface area contributed by atoms with E-state index in [9.17, 15) is 14.9 Å². The van der Waals surface area contributed by atoms with Crippen molar-refractivity contribution in [2.75, 3.05) is 11.4 Å². The fraction of sp³-hybridized carbons (Fsp3) is 0.545. The number of thiophene rings is 1. The topological polar surface area (TPSA) is 63.5 Å². The highest BCUT2D eigenvalue weighted by atomic mass is 32.1. The van der Waals surface area contributed by atoms with Gasteiger partial charge in [-0.15, -0.1) is 11.3 Å². The molecule has 0 aromatic carbocycles. The fourth-order valence-electron chi connectivity index (χ4n) is 1.84. The van der Waals surface area contributed by atoms with Gasteiger partial charge >= 0.3 is 5.69 Å². The molecule has 0 spiro atoms. The monoisotopic (exact) mass is 254 g/mol. The van der Waals surface area contributed by atoms with Crippen molar-refractivity contribution in [3.8, 4) is 0 Å². The van der Waals surface area contributed by atoms with Gasteiger partial charge in [-0.05, 0) is 26.7 Å². The van der Waals surface area contributed by atoms with Crippen molar-refractivity contribution >= 4 is 27.8 Å². The minimum absolute atomic E-state index is 0.0638. The highest BCUT2D eigenvalue weighted by Crippen LogP contribution is 2.42. The summed E-state index contributed by atoms with van der Waals surface area (Å²) < 4.78 is 0. The second-order valence-electron chi connectivity index (χ2n) is 4.13. The molecule has 0 saturated heterocycles. The van der Waals surface area contributed by atoms with E-state index in [0.29, 0.717) is 15.9 Å². The Balaban J connectivity index is 2.42. The molecule has 0 atom stereocenters. The molecule has 6 heteroatoms. The second-order valence-corrected chi connectivity index (χ2v) is 5.16. The number of Topliss-reactive ketones (excluding diaryl/α,β-unsaturated/α-hetero) is 1. The molecule has 1 aliphatic rings. The highest BCUT2D eigenvalue weighted by Gasteiger charge is 2.34. The van der Waals surface area contributed by atoms with Gasteiger partial charge in [0, 0.05) is 18.7 Å². The molecule has 0 radical (unpaired) electrons. The molecule has 0 aliphatic heterocycles. The maximum Gasteiger partial charge on any atom is 0.304 e. The lowest BCUT2D eigenvalue weighted by Gasteiger charge is -2.19. The van der Waals surface area contributed by atoms with Crippen molar-refractivity contribution in [1.29, 1.82) is 0 Å². The summed E-state index contributed by atoms with van der Waals surface area (Å²) in [6.45, 7) is 4.16. The zero-order valence-corrected chi connectivity index (χ0v) is 10.6. The first kappa shape index (κ1) is 12.0. The molecule has 1 aromatic rings. The number of nitro groups is 1. The van der Waals surface area contributed by atoms with Crippen LogP contribution in [0.1, 0.15) is 36.4 Å². The van der Waals surface area contributed by atoms with E-state index in [1.807, 2.05) is 11.8 Å². The zero-order chi connectivity index (χ0) is 12.6. The molecular formula is C11H14N2O3S. The van der Waals surface area contributed by atoms with Crippen molar-refractivity contribution in [3.05, 3.63) is 21.1 Å². The van der Waals surface area contributed by atoms with E-state index in [1.165, 1.54) is 24.3 Å². The molecule has 0 amide bonds. The van der Waals surface area contributed by atoms with Gasteiger partial charge in [0.25, 0.3) is 0 Å². The Bertz CT molecular complexity index is 465. The van der Waals surface area contributed by atoms with Crippen LogP contribution in [-0.4, -0.2) is 23.3 Å². The molecule has 1 aromatic heterocycles. The van der Waals surface area contributed by atoms with Crippen molar-refractivity contribution in [2.24, 2.45) is 0 Å². The lowest BCUT2D eigenvalue weighted by Crippen LogP contribution is -2.24. The minimum atomic E-state index is -0.399. The van der Waals surface area contributed by atoms with Gasteiger partial charge in [0.15, 0.2) is 10.8 Å². The van der Waals surface area contributed by atoms with Crippen LogP contribution in [0.5, 0.6) is 0 Å². The molecule has 0 bridgehead atoms. The molecule has 5 nitrogen and oxygen atoms in total. The zero-order valence-electron chi connectivity index (χ0n) is 9.80. The summed E-state index contributed by atoms with van der Waals surface area (Å²) >= 11 is 1.23. The van der Waals surface area contributed by atoms with E-state index in [1.54, 1.807) is 0 Å². The van der Waals surface area contributed by atoms with Crippen molar-refractivity contribution in [2.45, 2.75) is 32.7 Å². The first-order valence-corrected chi connectivity index (χ1v) is 6.42. The van der Waals surface area contributed by atoms with Crippen molar-refractivity contribution in [1.82, 2.24) is 0 Å². The average molecular weight is 254 g/mol. The van der Waals surface area contributed by atoms with Crippen LogP contribution in [0, 0.1) is 10.1 Å². The van der Waals surface area contributed by atoms with Gasteiger partial charge < -0.3 is 4.90 Å². The van der Waals surface area contributed by atoms with E-state index >= 15 is 0 Å². The van der Waals surface area contributed by atoms with Gasteiger partial charge in [0.2, 0.25) is 0 Å². The molecule has 0 unspecified atom stereocenters. The largest absolute Gasteiger partial charge is 0.355 e. The van der Waals surface area contributed by atoms with Gasteiger partial charge in [-0.1, -0.05) is 0 Å². The average Bonchev–Trinajstić information content (AvgIpc) is 2.97. The normalized spacial score (nSPS) is 14.7. The summed E-state index contributed by atoms with van der Waals surface area (Å²) in [5, 5.41) is 11.6. The van der Waals surface area contributed by atoms with Gasteiger partial charge in [-0.25, -0.2) is 0 Å². The Hall–Kier alpha value is -1.43. The maximum atomic E-state index is 11.3. The van der Waals surface area contributed by atoms with Crippen LogP contribution in [0.3, 0.4) is 0 Å². The molecule has 0 N–H and O–H groups in total. The van der Waals surface area contributed by atoms with E-state index < -0.39 is 4.92 Å². The van der Waals surface area contributed by atoms with Crippen LogP contribution in [-0.2, 0) is 0 Å². The van der Waals surface area contributed by atoms with E-state index in [0.717, 1.165) is 19.4 Å². The summed E-state index contributed by atoms with van der Waals surface area (Å²) in [7, 11) is 0. The Morgan fingerprint density at radius 3 is 2.71 bits per heavy atom. The van der Waals surface area contributed by atoms with E-state index in [2.05, 4.69) is 0 Å². The number of carbonyl (C=O) groups is 1.